The molecule has 6 N–H and O–H groups in total. The number of carbonyl (C=O) groups is 1. The number of aromatic nitrogens is 2. The van der Waals surface area contributed by atoms with Gasteiger partial charge in [0.15, 0.2) is 0 Å². The van der Waals surface area contributed by atoms with E-state index >= 15 is 0 Å². The van der Waals surface area contributed by atoms with E-state index in [0.29, 0.717) is 33.9 Å². The summed E-state index contributed by atoms with van der Waals surface area (Å²) in [5, 5.41) is 30.4. The average Bonchev–Trinajstić information content (AvgIpc) is 3.37. The maximum atomic E-state index is 11.3. The molecule has 12 nitrogen and oxygen atoms in total. The minimum absolute atomic E-state index is 0.101. The van der Waals surface area contributed by atoms with Crippen molar-refractivity contribution in [2.24, 2.45) is 0 Å². The molecule has 4 aromatic carbocycles. The van der Waals surface area contributed by atoms with Crippen LogP contribution in [0.25, 0.3) is 22.4 Å². The van der Waals surface area contributed by atoms with Crippen molar-refractivity contribution in [3.05, 3.63) is 121 Å². The van der Waals surface area contributed by atoms with Gasteiger partial charge in [-0.05, 0) is 63.1 Å². The van der Waals surface area contributed by atoms with Gasteiger partial charge in [-0.1, -0.05) is 48.5 Å². The number of aromatic carboxylic acids is 1. The molecule has 0 bridgehead atoms. The van der Waals surface area contributed by atoms with E-state index in [9.17, 15) is 25.0 Å². The van der Waals surface area contributed by atoms with Crippen LogP contribution in [0.3, 0.4) is 0 Å². The Hall–Kier alpha value is -5.78. The maximum Gasteiger partial charge on any atom is 0.342 e. The largest absolute Gasteiger partial charge is 0.477 e. The van der Waals surface area contributed by atoms with Crippen molar-refractivity contribution in [2.45, 2.75) is 27.7 Å². The third-order valence-electron chi connectivity index (χ3n) is 6.40. The second kappa shape index (κ2) is 13.0. The smallest absolute Gasteiger partial charge is 0.342 e. The van der Waals surface area contributed by atoms with E-state index in [4.69, 9.17) is 16.6 Å². The fourth-order valence-corrected chi connectivity index (χ4v) is 4.17. The molecule has 0 saturated carbocycles. The van der Waals surface area contributed by atoms with Gasteiger partial charge in [-0.25, -0.2) is 9.78 Å². The highest BCUT2D eigenvalue weighted by atomic mass is 16.6. The molecule has 0 aliphatic rings. The monoisotopic (exact) mass is 570 g/mol. The number of aromatic amines is 1. The summed E-state index contributed by atoms with van der Waals surface area (Å²) in [6, 6.07) is 20.9. The summed E-state index contributed by atoms with van der Waals surface area (Å²) in [5.74, 6) is -0.750. The van der Waals surface area contributed by atoms with Gasteiger partial charge >= 0.3 is 5.97 Å². The van der Waals surface area contributed by atoms with Gasteiger partial charge in [0.2, 0.25) is 0 Å². The van der Waals surface area contributed by atoms with Crippen molar-refractivity contribution in [1.82, 2.24) is 9.97 Å². The highest BCUT2D eigenvalue weighted by Crippen LogP contribution is 2.32. The number of para-hydroxylation sites is 4. The van der Waals surface area contributed by atoms with Gasteiger partial charge in [0.05, 0.1) is 37.8 Å². The van der Waals surface area contributed by atoms with Crippen molar-refractivity contribution in [2.75, 3.05) is 11.5 Å². The predicted molar refractivity (Wildman–Crippen MR) is 162 cm³/mol. The van der Waals surface area contributed by atoms with E-state index < -0.39 is 10.9 Å². The van der Waals surface area contributed by atoms with Crippen LogP contribution in [-0.2, 0) is 0 Å². The van der Waals surface area contributed by atoms with E-state index in [1.807, 2.05) is 44.2 Å². The number of carboxylic acid groups (broad SMARTS) is 1. The molecule has 5 rings (SSSR count). The number of hydrogen-bond donors (Lipinski definition) is 4. The van der Waals surface area contributed by atoms with Crippen molar-refractivity contribution in [3.8, 4) is 11.4 Å². The summed E-state index contributed by atoms with van der Waals surface area (Å²) in [7, 11) is 0. The molecule has 216 valence electrons. The quantitative estimate of drug-likeness (QED) is 0.105. The summed E-state index contributed by atoms with van der Waals surface area (Å²) >= 11 is 0. The van der Waals surface area contributed by atoms with E-state index in [1.165, 1.54) is 25.1 Å². The molecule has 12 heteroatoms. The van der Waals surface area contributed by atoms with Crippen molar-refractivity contribution in [1.29, 1.82) is 0 Å². The SMILES string of the molecule is Cc1cccc(-c2nc3c(C)cccc3[nH]2)c1[N+](=O)[O-].Cc1cccc(C(=O)O)c1[N+](=O)[O-].Cc1cccc(N)c1N. The van der Waals surface area contributed by atoms with E-state index in [-0.39, 0.29) is 21.9 Å². The van der Waals surface area contributed by atoms with E-state index in [1.54, 1.807) is 31.2 Å². The van der Waals surface area contributed by atoms with Gasteiger partial charge in [-0.15, -0.1) is 0 Å². The number of aryl methyl sites for hydroxylation is 4. The van der Waals surface area contributed by atoms with Gasteiger partial charge in [-0.2, -0.15) is 0 Å². The summed E-state index contributed by atoms with van der Waals surface area (Å²) in [4.78, 5) is 39.0. The number of nitrogens with one attached hydrogen (secondary N) is 1. The first-order valence-electron chi connectivity index (χ1n) is 12.6. The molecule has 0 saturated heterocycles. The summed E-state index contributed by atoms with van der Waals surface area (Å²) < 4.78 is 0. The molecule has 0 aliphatic heterocycles. The highest BCUT2D eigenvalue weighted by Gasteiger charge is 2.22. The van der Waals surface area contributed by atoms with Gasteiger partial charge in [0, 0.05) is 11.1 Å². The number of carboxylic acids is 1. The molecule has 5 aromatic rings. The lowest BCUT2D eigenvalue weighted by Gasteiger charge is -2.02. The molecule has 0 unspecified atom stereocenters. The van der Waals surface area contributed by atoms with Crippen LogP contribution >= 0.6 is 0 Å². The Morgan fingerprint density at radius 2 is 1.29 bits per heavy atom. The number of imidazole rings is 1. The highest BCUT2D eigenvalue weighted by molar-refractivity contribution is 5.93. The second-order valence-corrected chi connectivity index (χ2v) is 9.40. The Balaban J connectivity index is 0.000000189. The minimum atomic E-state index is -1.28. The zero-order valence-corrected chi connectivity index (χ0v) is 23.4. The number of fused-ring (bicyclic) bond motifs is 1. The van der Waals surface area contributed by atoms with Crippen molar-refractivity contribution < 1.29 is 19.7 Å². The molecule has 1 aromatic heterocycles. The molecule has 0 atom stereocenters. The van der Waals surface area contributed by atoms with Crippen LogP contribution in [0.5, 0.6) is 0 Å². The first-order chi connectivity index (χ1) is 19.8. The van der Waals surface area contributed by atoms with Crippen LogP contribution in [0.1, 0.15) is 32.6 Å². The Kier molecular flexibility index (Phi) is 9.56. The van der Waals surface area contributed by atoms with Gasteiger partial charge < -0.3 is 21.6 Å². The number of nitrogen functional groups attached to an aromatic ring is 2. The van der Waals surface area contributed by atoms with Gasteiger partial charge in [-0.3, -0.25) is 20.2 Å². The van der Waals surface area contributed by atoms with Crippen LogP contribution in [0, 0.1) is 47.9 Å². The zero-order valence-electron chi connectivity index (χ0n) is 23.4. The first-order valence-corrected chi connectivity index (χ1v) is 12.6. The molecule has 42 heavy (non-hydrogen) atoms. The third kappa shape index (κ3) is 6.86. The normalized spacial score (nSPS) is 10.2. The molecular formula is C30H30N6O6. The first kappa shape index (κ1) is 30.8. The third-order valence-corrected chi connectivity index (χ3v) is 6.40. The number of benzene rings is 4. The van der Waals surface area contributed by atoms with Crippen LogP contribution in [0.2, 0.25) is 0 Å². The Morgan fingerprint density at radius 1 is 0.762 bits per heavy atom. The Morgan fingerprint density at radius 3 is 1.81 bits per heavy atom. The second-order valence-electron chi connectivity index (χ2n) is 9.40. The van der Waals surface area contributed by atoms with Crippen LogP contribution in [-0.4, -0.2) is 30.9 Å². The van der Waals surface area contributed by atoms with E-state index in [0.717, 1.165) is 22.2 Å². The molecule has 1 heterocycles. The number of nitro groups is 2. The minimum Gasteiger partial charge on any atom is -0.477 e. The van der Waals surface area contributed by atoms with E-state index in [2.05, 4.69) is 9.97 Å². The number of rotatable bonds is 4. The summed E-state index contributed by atoms with van der Waals surface area (Å²) in [5.41, 5.74) is 17.2. The lowest BCUT2D eigenvalue weighted by atomic mass is 10.1. The Labute approximate surface area is 240 Å². The standard InChI is InChI=1S/C15H13N3O2.C8H7NO4.C7H10N2/c1-9-5-4-8-12-13(9)17-15(16-12)11-7-3-6-10(2)14(11)18(19)20;1-5-3-2-4-6(8(10)11)7(5)9(12)13;1-5-3-2-4-6(8)7(5)9/h3-8H,1-2H3,(H,16,17);2-4H,1H3,(H,10,11);2-4H,8-9H2,1H3. The molecule has 0 amide bonds. The van der Waals surface area contributed by atoms with Gasteiger partial charge in [0.25, 0.3) is 11.4 Å². The molecule has 0 fully saturated rings. The fourth-order valence-electron chi connectivity index (χ4n) is 4.17. The van der Waals surface area contributed by atoms with Crippen molar-refractivity contribution in [3.63, 3.8) is 0 Å². The Bertz CT molecular complexity index is 1780. The number of H-pyrrole nitrogens is 1. The van der Waals surface area contributed by atoms with Crippen LogP contribution in [0.15, 0.2) is 72.8 Å². The lowest BCUT2D eigenvalue weighted by molar-refractivity contribution is -0.385. The molecule has 0 aliphatic carbocycles. The van der Waals surface area contributed by atoms with Crippen LogP contribution in [0.4, 0.5) is 22.7 Å². The lowest BCUT2D eigenvalue weighted by Crippen LogP contribution is -2.03. The number of nitro benzene ring substituents is 2. The summed E-state index contributed by atoms with van der Waals surface area (Å²) in [6.45, 7) is 7.14. The predicted octanol–water partition coefficient (Wildman–Crippen LogP) is 6.52. The number of nitrogens with zero attached hydrogens (tertiary/aromatic N) is 3. The molecule has 0 radical (unpaired) electrons. The zero-order chi connectivity index (χ0) is 31.1. The number of hydrogen-bond acceptors (Lipinski definition) is 8. The topological polar surface area (TPSA) is 204 Å². The molecular weight excluding hydrogens is 540 g/mol. The fraction of sp³-hybridized carbons (Fsp3) is 0.133. The number of nitrogens with two attached hydrogens (primary N) is 2. The number of anilines is 2. The molecule has 0 spiro atoms. The van der Waals surface area contributed by atoms with Gasteiger partial charge in [0.1, 0.15) is 11.4 Å². The van der Waals surface area contributed by atoms with Crippen LogP contribution < -0.4 is 11.5 Å². The summed E-state index contributed by atoms with van der Waals surface area (Å²) in [6.07, 6.45) is 0. The van der Waals surface area contributed by atoms with Crippen molar-refractivity contribution >= 4 is 39.8 Å². The average molecular weight is 571 g/mol. The maximum absolute atomic E-state index is 11.3.